The lowest BCUT2D eigenvalue weighted by Gasteiger charge is -2.09. The van der Waals surface area contributed by atoms with Crippen LogP contribution in [-0.2, 0) is 12.4 Å². The average Bonchev–Trinajstić information content (AvgIpc) is 2.79. The van der Waals surface area contributed by atoms with Crippen molar-refractivity contribution >= 4 is 34.9 Å². The maximum absolute atomic E-state index is 12.5. The molecule has 188 valence electrons. The van der Waals surface area contributed by atoms with Crippen LogP contribution >= 0.6 is 11.6 Å². The molecule has 2 aromatic carbocycles. The van der Waals surface area contributed by atoms with Gasteiger partial charge in [-0.3, -0.25) is 9.78 Å². The molecule has 0 spiro atoms. The molecule has 2 heterocycles. The first-order chi connectivity index (χ1) is 16.9. The maximum atomic E-state index is 12.5. The quantitative estimate of drug-likeness (QED) is 0.209. The fourth-order valence-electron chi connectivity index (χ4n) is 2.64. The summed E-state index contributed by atoms with van der Waals surface area (Å²) < 4.78 is 74.9. The number of anilines is 4. The van der Waals surface area contributed by atoms with Gasteiger partial charge in [-0.25, -0.2) is 15.0 Å². The third-order valence-electron chi connectivity index (χ3n) is 4.19. The number of benzene rings is 2. The normalized spacial score (nSPS) is 11.3. The third-order valence-corrected chi connectivity index (χ3v) is 4.40. The number of alkyl halides is 6. The standard InChI is InChI=1S/C11H7ClF3N3.C11H8F3N3O/c12-9-4-5-16-10(18-9)17-8-3-1-2-7(6-8)11(13,14)15;12-11(13,14)7-2-1-3-8(6-7)16-10-15-5-4-9(18)17-10/h1-6H,(H,16,17,18);1-6H,(H2,15,16,17,18). The molecule has 0 atom stereocenters. The number of rotatable bonds is 4. The lowest BCUT2D eigenvalue weighted by molar-refractivity contribution is -0.138. The van der Waals surface area contributed by atoms with E-state index in [0.29, 0.717) is 0 Å². The van der Waals surface area contributed by atoms with Crippen LogP contribution < -0.4 is 16.2 Å². The molecule has 0 unspecified atom stereocenters. The zero-order valence-corrected chi connectivity index (χ0v) is 18.6. The van der Waals surface area contributed by atoms with E-state index < -0.39 is 23.5 Å². The van der Waals surface area contributed by atoms with Crippen LogP contribution in [0.4, 0.5) is 49.6 Å². The Labute approximate surface area is 204 Å². The number of halogens is 7. The van der Waals surface area contributed by atoms with Crippen molar-refractivity contribution in [1.82, 2.24) is 19.9 Å². The first kappa shape index (κ1) is 26.5. The van der Waals surface area contributed by atoms with Crippen LogP contribution in [0.5, 0.6) is 0 Å². The molecule has 0 saturated heterocycles. The topological polar surface area (TPSA) is 95.6 Å². The molecule has 0 bridgehead atoms. The summed E-state index contributed by atoms with van der Waals surface area (Å²) in [6.07, 6.45) is -6.12. The van der Waals surface area contributed by atoms with Gasteiger partial charge in [0.1, 0.15) is 5.15 Å². The first-order valence-corrected chi connectivity index (χ1v) is 10.2. The van der Waals surface area contributed by atoms with E-state index in [-0.39, 0.29) is 34.0 Å². The van der Waals surface area contributed by atoms with Crippen LogP contribution in [-0.4, -0.2) is 19.9 Å². The van der Waals surface area contributed by atoms with Gasteiger partial charge < -0.3 is 10.6 Å². The number of hydrogen-bond acceptors (Lipinski definition) is 6. The van der Waals surface area contributed by atoms with Gasteiger partial charge in [0.05, 0.1) is 11.1 Å². The van der Waals surface area contributed by atoms with E-state index in [2.05, 4.69) is 30.6 Å². The minimum Gasteiger partial charge on any atom is -0.326 e. The van der Waals surface area contributed by atoms with Crippen LogP contribution in [0.3, 0.4) is 0 Å². The molecule has 3 N–H and O–H groups in total. The van der Waals surface area contributed by atoms with Crippen molar-refractivity contribution in [2.45, 2.75) is 12.4 Å². The van der Waals surface area contributed by atoms with Gasteiger partial charge in [-0.2, -0.15) is 26.3 Å². The summed E-state index contributed by atoms with van der Waals surface area (Å²) >= 11 is 5.64. The Morgan fingerprint density at radius 1 is 0.750 bits per heavy atom. The maximum Gasteiger partial charge on any atom is 0.416 e. The lowest BCUT2D eigenvalue weighted by atomic mass is 10.2. The third kappa shape index (κ3) is 7.98. The highest BCUT2D eigenvalue weighted by Crippen LogP contribution is 2.32. The SMILES string of the molecule is FC(F)(F)c1cccc(Nc2nccc(Cl)n2)c1.O=c1ccnc(Nc2cccc(C(F)(F)F)c2)[nH]1. The fourth-order valence-corrected chi connectivity index (χ4v) is 2.78. The second-order valence-corrected chi connectivity index (χ2v) is 7.28. The Morgan fingerprint density at radius 2 is 1.31 bits per heavy atom. The Bertz CT molecular complexity index is 1380. The van der Waals surface area contributed by atoms with Gasteiger partial charge in [-0.15, -0.1) is 0 Å². The molecule has 0 aliphatic heterocycles. The van der Waals surface area contributed by atoms with Gasteiger partial charge in [-0.1, -0.05) is 23.7 Å². The fraction of sp³-hybridized carbons (Fsp3) is 0.0909. The summed E-state index contributed by atoms with van der Waals surface area (Å²) in [5, 5.41) is 5.45. The first-order valence-electron chi connectivity index (χ1n) is 9.82. The largest absolute Gasteiger partial charge is 0.416 e. The molecule has 0 radical (unpaired) electrons. The van der Waals surface area contributed by atoms with Gasteiger partial charge in [-0.05, 0) is 42.5 Å². The van der Waals surface area contributed by atoms with Crippen LogP contribution in [0.15, 0.2) is 77.9 Å². The minimum atomic E-state index is -4.41. The van der Waals surface area contributed by atoms with Gasteiger partial charge in [0.25, 0.3) is 5.56 Å². The van der Waals surface area contributed by atoms with E-state index in [4.69, 9.17) is 11.6 Å². The molecule has 0 aliphatic carbocycles. The summed E-state index contributed by atoms with van der Waals surface area (Å²) in [6, 6.07) is 12.0. The van der Waals surface area contributed by atoms with Crippen LogP contribution in [0, 0.1) is 0 Å². The molecule has 0 amide bonds. The van der Waals surface area contributed by atoms with Gasteiger partial charge in [0, 0.05) is 29.8 Å². The van der Waals surface area contributed by atoms with Crippen molar-refractivity contribution in [1.29, 1.82) is 0 Å². The van der Waals surface area contributed by atoms with Crippen molar-refractivity contribution in [3.05, 3.63) is 99.7 Å². The number of aromatic amines is 1. The highest BCUT2D eigenvalue weighted by molar-refractivity contribution is 6.29. The predicted octanol–water partition coefficient (Wildman–Crippen LogP) is 6.42. The van der Waals surface area contributed by atoms with Gasteiger partial charge in [0.2, 0.25) is 11.9 Å². The summed E-state index contributed by atoms with van der Waals surface area (Å²) in [5.74, 6) is 0.226. The summed E-state index contributed by atoms with van der Waals surface area (Å²) in [5.41, 5.74) is -1.47. The molecule has 0 aliphatic rings. The molecular weight excluding hydrogens is 514 g/mol. The molecule has 7 nitrogen and oxygen atoms in total. The van der Waals surface area contributed by atoms with Crippen molar-refractivity contribution in [2.75, 3.05) is 10.6 Å². The minimum absolute atomic E-state index is 0.0850. The van der Waals surface area contributed by atoms with E-state index in [0.717, 1.165) is 24.3 Å². The van der Waals surface area contributed by atoms with Crippen molar-refractivity contribution in [3.63, 3.8) is 0 Å². The molecule has 14 heteroatoms. The smallest absolute Gasteiger partial charge is 0.326 e. The number of nitrogens with zero attached hydrogens (tertiary/aromatic N) is 3. The second kappa shape index (κ2) is 11.1. The number of nitrogens with one attached hydrogen (secondary N) is 3. The molecule has 4 aromatic rings. The second-order valence-electron chi connectivity index (χ2n) is 6.89. The summed E-state index contributed by atoms with van der Waals surface area (Å²) in [7, 11) is 0. The Kier molecular flexibility index (Phi) is 8.14. The lowest BCUT2D eigenvalue weighted by Crippen LogP contribution is -2.09. The Morgan fingerprint density at radius 3 is 1.83 bits per heavy atom. The summed E-state index contributed by atoms with van der Waals surface area (Å²) in [4.78, 5) is 24.8. The molecule has 36 heavy (non-hydrogen) atoms. The van der Waals surface area contributed by atoms with Crippen molar-refractivity contribution in [2.24, 2.45) is 0 Å². The predicted molar refractivity (Wildman–Crippen MR) is 121 cm³/mol. The Balaban J connectivity index is 0.000000201. The van der Waals surface area contributed by atoms with Crippen LogP contribution in [0.2, 0.25) is 5.15 Å². The highest BCUT2D eigenvalue weighted by Gasteiger charge is 2.31. The van der Waals surface area contributed by atoms with Crippen LogP contribution in [0.1, 0.15) is 11.1 Å². The Hall–Kier alpha value is -4.13. The number of hydrogen-bond donors (Lipinski definition) is 3. The monoisotopic (exact) mass is 528 g/mol. The molecule has 0 fully saturated rings. The molecular formula is C22H15ClF6N6O. The highest BCUT2D eigenvalue weighted by atomic mass is 35.5. The van der Waals surface area contributed by atoms with Crippen LogP contribution in [0.25, 0.3) is 0 Å². The number of aromatic nitrogens is 4. The van der Waals surface area contributed by atoms with E-state index in [1.54, 1.807) is 0 Å². The van der Waals surface area contributed by atoms with Gasteiger partial charge >= 0.3 is 12.4 Å². The molecule has 4 rings (SSSR count). The average molecular weight is 529 g/mol. The van der Waals surface area contributed by atoms with E-state index >= 15 is 0 Å². The number of H-pyrrole nitrogens is 1. The van der Waals surface area contributed by atoms with Gasteiger partial charge in [0.15, 0.2) is 0 Å². The molecule has 2 aromatic heterocycles. The van der Waals surface area contributed by atoms with E-state index in [1.807, 2.05) is 0 Å². The van der Waals surface area contributed by atoms with Crippen molar-refractivity contribution in [3.8, 4) is 0 Å². The molecule has 0 saturated carbocycles. The van der Waals surface area contributed by atoms with E-state index in [9.17, 15) is 31.1 Å². The van der Waals surface area contributed by atoms with E-state index in [1.165, 1.54) is 48.8 Å². The zero-order chi connectivity index (χ0) is 26.3. The summed E-state index contributed by atoms with van der Waals surface area (Å²) in [6.45, 7) is 0. The zero-order valence-electron chi connectivity index (χ0n) is 17.8. The van der Waals surface area contributed by atoms with Crippen molar-refractivity contribution < 1.29 is 26.3 Å².